The predicted molar refractivity (Wildman–Crippen MR) is 85.9 cm³/mol. The molecule has 0 atom stereocenters. The van der Waals surface area contributed by atoms with E-state index in [-0.39, 0.29) is 28.9 Å². The lowest BCUT2D eigenvalue weighted by atomic mass is 10.4. The zero-order valence-electron chi connectivity index (χ0n) is 12.6. The Hall–Kier alpha value is -1.90. The number of carbonyl (C=O) groups is 1. The second-order valence-electron chi connectivity index (χ2n) is 4.79. The van der Waals surface area contributed by atoms with E-state index in [1.807, 2.05) is 0 Å². The molecule has 2 aromatic rings. The highest BCUT2D eigenvalue weighted by atomic mass is 35.5. The Balaban J connectivity index is 2.05. The maximum Gasteiger partial charge on any atom is 0.242 e. The number of sulfonamides is 1. The molecule has 1 amide bonds. The average molecular weight is 358 g/mol. The minimum Gasteiger partial charge on any atom is -0.360 e. The molecule has 0 radical (unpaired) electrons. The third kappa shape index (κ3) is 4.31. The van der Waals surface area contributed by atoms with Crippen molar-refractivity contribution in [1.29, 1.82) is 0 Å². The summed E-state index contributed by atoms with van der Waals surface area (Å²) in [4.78, 5) is 13.0. The van der Waals surface area contributed by atoms with Crippen LogP contribution >= 0.6 is 11.6 Å². The molecule has 0 spiro atoms. The van der Waals surface area contributed by atoms with Crippen molar-refractivity contribution in [3.8, 4) is 0 Å². The number of nitrogens with one attached hydrogen (secondary N) is 1. The van der Waals surface area contributed by atoms with Gasteiger partial charge < -0.3 is 4.52 Å². The summed E-state index contributed by atoms with van der Waals surface area (Å²) in [6.07, 6.45) is 0. The summed E-state index contributed by atoms with van der Waals surface area (Å²) in [6.45, 7) is 3.20. The first-order valence-electron chi connectivity index (χ1n) is 6.77. The number of benzene rings is 1. The lowest BCUT2D eigenvalue weighted by Gasteiger charge is -2.18. The van der Waals surface area contributed by atoms with Crippen molar-refractivity contribution in [3.63, 3.8) is 0 Å². The molecular weight excluding hydrogens is 342 g/mol. The maximum atomic E-state index is 12.2. The van der Waals surface area contributed by atoms with Gasteiger partial charge in [-0.15, -0.1) is 0 Å². The number of aromatic nitrogens is 1. The lowest BCUT2D eigenvalue weighted by Crippen LogP contribution is -2.37. The van der Waals surface area contributed by atoms with Crippen molar-refractivity contribution >= 4 is 33.3 Å². The molecule has 1 aromatic heterocycles. The van der Waals surface area contributed by atoms with Crippen molar-refractivity contribution < 1.29 is 17.7 Å². The number of nitrogens with zero attached hydrogens (tertiary/aromatic N) is 2. The molecule has 1 heterocycles. The number of aryl methyl sites for hydroxylation is 1. The van der Waals surface area contributed by atoms with Gasteiger partial charge in [-0.3, -0.25) is 9.69 Å². The van der Waals surface area contributed by atoms with Crippen molar-refractivity contribution in [2.45, 2.75) is 18.7 Å². The Kier molecular flexibility index (Phi) is 5.40. The fourth-order valence-electron chi connectivity index (χ4n) is 1.95. The second-order valence-corrected chi connectivity index (χ2v) is 6.94. The smallest absolute Gasteiger partial charge is 0.242 e. The van der Waals surface area contributed by atoms with E-state index in [0.717, 1.165) is 0 Å². The minimum atomic E-state index is -3.75. The fraction of sp³-hybridized carbons (Fsp3) is 0.286. The zero-order valence-corrected chi connectivity index (χ0v) is 14.2. The van der Waals surface area contributed by atoms with Crippen LogP contribution < -0.4 is 9.62 Å². The van der Waals surface area contributed by atoms with E-state index < -0.39 is 10.0 Å². The van der Waals surface area contributed by atoms with Crippen molar-refractivity contribution in [2.24, 2.45) is 0 Å². The molecule has 1 N–H and O–H groups in total. The standard InChI is InChI=1S/C14H16ClN3O4S/c1-10-9-14(17-22-10)18(11(2)19)8-7-16-23(20,21)13-6-4-3-5-12(13)15/h3-6,9,16H,7-8H2,1-2H3. The Labute approximate surface area is 139 Å². The summed E-state index contributed by atoms with van der Waals surface area (Å²) in [5.74, 6) is 0.630. The van der Waals surface area contributed by atoms with Crippen LogP contribution in [0.25, 0.3) is 0 Å². The molecule has 0 bridgehead atoms. The van der Waals surface area contributed by atoms with Gasteiger partial charge in [-0.2, -0.15) is 0 Å². The number of rotatable bonds is 6. The van der Waals surface area contributed by atoms with E-state index in [9.17, 15) is 13.2 Å². The monoisotopic (exact) mass is 357 g/mol. The van der Waals surface area contributed by atoms with E-state index >= 15 is 0 Å². The van der Waals surface area contributed by atoms with Crippen molar-refractivity contribution in [3.05, 3.63) is 41.1 Å². The van der Waals surface area contributed by atoms with E-state index in [1.54, 1.807) is 25.1 Å². The second kappa shape index (κ2) is 7.12. The quantitative estimate of drug-likeness (QED) is 0.853. The first kappa shape index (κ1) is 17.5. The molecule has 23 heavy (non-hydrogen) atoms. The fourth-order valence-corrected chi connectivity index (χ4v) is 3.48. The number of hydrogen-bond donors (Lipinski definition) is 1. The number of amides is 1. The Morgan fingerprint density at radius 2 is 2.09 bits per heavy atom. The van der Waals surface area contributed by atoms with Crippen LogP contribution in [0.3, 0.4) is 0 Å². The SMILES string of the molecule is CC(=O)N(CCNS(=O)(=O)c1ccccc1Cl)c1cc(C)on1. The van der Waals surface area contributed by atoms with Crippen LogP contribution in [-0.4, -0.2) is 32.6 Å². The van der Waals surface area contributed by atoms with Crippen LogP contribution in [0, 0.1) is 6.92 Å². The van der Waals surface area contributed by atoms with Gasteiger partial charge in [-0.05, 0) is 19.1 Å². The van der Waals surface area contributed by atoms with E-state index in [4.69, 9.17) is 16.1 Å². The molecule has 124 valence electrons. The third-order valence-electron chi connectivity index (χ3n) is 3.03. The van der Waals surface area contributed by atoms with E-state index in [0.29, 0.717) is 11.6 Å². The molecule has 0 saturated carbocycles. The summed E-state index contributed by atoms with van der Waals surface area (Å²) in [7, 11) is -3.75. The third-order valence-corrected chi connectivity index (χ3v) is 4.99. The summed E-state index contributed by atoms with van der Waals surface area (Å²) in [5, 5.41) is 3.89. The first-order valence-corrected chi connectivity index (χ1v) is 8.63. The molecule has 0 aliphatic carbocycles. The van der Waals surface area contributed by atoms with Crippen molar-refractivity contribution in [1.82, 2.24) is 9.88 Å². The van der Waals surface area contributed by atoms with Crippen LogP contribution in [0.4, 0.5) is 5.82 Å². The van der Waals surface area contributed by atoms with Gasteiger partial charge >= 0.3 is 0 Å². The van der Waals surface area contributed by atoms with Gasteiger partial charge in [-0.1, -0.05) is 28.9 Å². The number of anilines is 1. The summed E-state index contributed by atoms with van der Waals surface area (Å²) < 4.78 is 31.8. The summed E-state index contributed by atoms with van der Waals surface area (Å²) in [5.41, 5.74) is 0. The van der Waals surface area contributed by atoms with Gasteiger partial charge in [0.15, 0.2) is 5.82 Å². The Morgan fingerprint density at radius 3 is 2.65 bits per heavy atom. The largest absolute Gasteiger partial charge is 0.360 e. The van der Waals surface area contributed by atoms with Gasteiger partial charge in [0.05, 0.1) is 5.02 Å². The van der Waals surface area contributed by atoms with Crippen molar-refractivity contribution in [2.75, 3.05) is 18.0 Å². The molecule has 9 heteroatoms. The van der Waals surface area contributed by atoms with Crippen LogP contribution in [0.2, 0.25) is 5.02 Å². The predicted octanol–water partition coefficient (Wildman–Crippen LogP) is 1.97. The lowest BCUT2D eigenvalue weighted by molar-refractivity contribution is -0.116. The molecule has 0 aliphatic rings. The number of halogens is 1. The van der Waals surface area contributed by atoms with Gasteiger partial charge in [0, 0.05) is 26.1 Å². The van der Waals surface area contributed by atoms with Gasteiger partial charge in [0.25, 0.3) is 0 Å². The van der Waals surface area contributed by atoms with Gasteiger partial charge in [0.2, 0.25) is 15.9 Å². The zero-order chi connectivity index (χ0) is 17.0. The molecule has 2 rings (SSSR count). The highest BCUT2D eigenvalue weighted by molar-refractivity contribution is 7.89. The number of carbonyl (C=O) groups excluding carboxylic acids is 1. The van der Waals surface area contributed by atoms with E-state index in [2.05, 4.69) is 9.88 Å². The van der Waals surface area contributed by atoms with Gasteiger partial charge in [0.1, 0.15) is 10.7 Å². The molecule has 1 aromatic carbocycles. The molecule has 0 unspecified atom stereocenters. The molecule has 0 saturated heterocycles. The highest BCUT2D eigenvalue weighted by Gasteiger charge is 2.19. The van der Waals surface area contributed by atoms with E-state index in [1.165, 1.54) is 24.0 Å². The maximum absolute atomic E-state index is 12.2. The van der Waals surface area contributed by atoms with Crippen LogP contribution in [0.15, 0.2) is 39.8 Å². The summed E-state index contributed by atoms with van der Waals surface area (Å²) >= 11 is 5.89. The normalized spacial score (nSPS) is 11.4. The Morgan fingerprint density at radius 1 is 1.39 bits per heavy atom. The Bertz CT molecular complexity index is 804. The molecule has 0 fully saturated rings. The number of hydrogen-bond acceptors (Lipinski definition) is 5. The van der Waals surface area contributed by atoms with Crippen LogP contribution in [0.5, 0.6) is 0 Å². The average Bonchev–Trinajstić information content (AvgIpc) is 2.89. The molecule has 0 aliphatic heterocycles. The van der Waals surface area contributed by atoms with Gasteiger partial charge in [-0.25, -0.2) is 13.1 Å². The molecular formula is C14H16ClN3O4S. The first-order chi connectivity index (χ1) is 10.8. The highest BCUT2D eigenvalue weighted by Crippen LogP contribution is 2.20. The topological polar surface area (TPSA) is 92.5 Å². The van der Waals surface area contributed by atoms with Crippen LogP contribution in [0.1, 0.15) is 12.7 Å². The molecule has 7 nitrogen and oxygen atoms in total. The summed E-state index contributed by atoms with van der Waals surface area (Å²) in [6, 6.07) is 7.74. The van der Waals surface area contributed by atoms with Crippen LogP contribution in [-0.2, 0) is 14.8 Å². The minimum absolute atomic E-state index is 0.00618.